The van der Waals surface area contributed by atoms with Gasteiger partial charge in [0.1, 0.15) is 0 Å². The Morgan fingerprint density at radius 2 is 1.56 bits per heavy atom. The Labute approximate surface area is 230 Å². The van der Waals surface area contributed by atoms with Crippen molar-refractivity contribution in [2.24, 2.45) is 0 Å². The van der Waals surface area contributed by atoms with Crippen molar-refractivity contribution < 1.29 is 14.3 Å². The maximum absolute atomic E-state index is 13.8. The number of aromatic nitrogens is 2. The molecule has 5 rings (SSSR count). The quantitative estimate of drug-likeness (QED) is 0.348. The summed E-state index contributed by atoms with van der Waals surface area (Å²) in [5, 5.41) is 3.95. The Kier molecular flexibility index (Phi) is 7.74. The Bertz CT molecular complexity index is 1640. The predicted molar refractivity (Wildman–Crippen MR) is 151 cm³/mol. The number of fused-ring (bicyclic) bond motifs is 1. The lowest BCUT2D eigenvalue weighted by molar-refractivity contribution is 0.0938. The normalized spacial score (nSPS) is 13.5. The third-order valence-electron chi connectivity index (χ3n) is 7.21. The molecule has 8 nitrogen and oxygen atoms in total. The van der Waals surface area contributed by atoms with Crippen molar-refractivity contribution in [3.8, 4) is 11.5 Å². The highest BCUT2D eigenvalue weighted by molar-refractivity contribution is 6.30. The Hall–Kier alpha value is -4.04. The lowest BCUT2D eigenvalue weighted by Crippen LogP contribution is -2.40. The molecule has 1 aliphatic carbocycles. The van der Waals surface area contributed by atoms with Crippen LogP contribution < -0.4 is 26.0 Å². The second-order valence-corrected chi connectivity index (χ2v) is 10.2. The molecule has 202 valence electrons. The minimum Gasteiger partial charge on any atom is -0.493 e. The summed E-state index contributed by atoms with van der Waals surface area (Å²) in [6.45, 7) is 0.244. The fourth-order valence-electron chi connectivity index (χ4n) is 5.14. The molecule has 0 radical (unpaired) electrons. The van der Waals surface area contributed by atoms with Crippen LogP contribution in [0.25, 0.3) is 10.9 Å². The number of ether oxygens (including phenoxy) is 2. The van der Waals surface area contributed by atoms with E-state index in [1.807, 2.05) is 12.1 Å². The molecule has 1 saturated carbocycles. The molecule has 1 aromatic heterocycles. The number of methoxy groups -OCH3 is 2. The Morgan fingerprint density at radius 3 is 2.23 bits per heavy atom. The molecule has 1 aliphatic rings. The zero-order valence-electron chi connectivity index (χ0n) is 21.9. The minimum atomic E-state index is -0.470. The zero-order valence-corrected chi connectivity index (χ0v) is 22.7. The van der Waals surface area contributed by atoms with E-state index < -0.39 is 11.2 Å². The molecule has 1 fully saturated rings. The van der Waals surface area contributed by atoms with E-state index in [0.29, 0.717) is 33.0 Å². The van der Waals surface area contributed by atoms with Gasteiger partial charge < -0.3 is 14.8 Å². The highest BCUT2D eigenvalue weighted by Gasteiger charge is 2.19. The summed E-state index contributed by atoms with van der Waals surface area (Å²) in [5.74, 6) is 0.688. The van der Waals surface area contributed by atoms with Gasteiger partial charge in [-0.25, -0.2) is 4.79 Å². The molecule has 39 heavy (non-hydrogen) atoms. The van der Waals surface area contributed by atoms with Crippen LogP contribution in [0.15, 0.2) is 70.3 Å². The first-order chi connectivity index (χ1) is 18.9. The van der Waals surface area contributed by atoms with E-state index in [0.717, 1.165) is 36.8 Å². The van der Waals surface area contributed by atoms with E-state index in [1.54, 1.807) is 48.5 Å². The molecule has 9 heteroatoms. The first-order valence-electron chi connectivity index (χ1n) is 12.9. The van der Waals surface area contributed by atoms with Gasteiger partial charge in [0.05, 0.1) is 38.2 Å². The fourth-order valence-corrected chi connectivity index (χ4v) is 5.35. The summed E-state index contributed by atoms with van der Waals surface area (Å²) in [4.78, 5) is 40.0. The summed E-state index contributed by atoms with van der Waals surface area (Å²) in [6.07, 6.45) is 4.29. The van der Waals surface area contributed by atoms with Gasteiger partial charge in [0.2, 0.25) is 0 Å². The second-order valence-electron chi connectivity index (χ2n) is 9.77. The van der Waals surface area contributed by atoms with Crippen LogP contribution in [-0.4, -0.2) is 35.3 Å². The largest absolute Gasteiger partial charge is 0.493 e. The van der Waals surface area contributed by atoms with Crippen LogP contribution in [0.4, 0.5) is 0 Å². The van der Waals surface area contributed by atoms with Crippen LogP contribution in [0, 0.1) is 0 Å². The van der Waals surface area contributed by atoms with E-state index in [-0.39, 0.29) is 25.0 Å². The number of carbonyl (C=O) groups is 1. The van der Waals surface area contributed by atoms with Crippen molar-refractivity contribution in [2.75, 3.05) is 14.2 Å². The third kappa shape index (κ3) is 5.56. The van der Waals surface area contributed by atoms with E-state index in [1.165, 1.54) is 23.4 Å². The van der Waals surface area contributed by atoms with Gasteiger partial charge in [-0.1, -0.05) is 48.7 Å². The average Bonchev–Trinajstić information content (AvgIpc) is 3.46. The summed E-state index contributed by atoms with van der Waals surface area (Å²) < 4.78 is 13.6. The van der Waals surface area contributed by atoms with Crippen molar-refractivity contribution in [3.63, 3.8) is 0 Å². The number of hydrogen-bond acceptors (Lipinski definition) is 5. The van der Waals surface area contributed by atoms with Gasteiger partial charge >= 0.3 is 5.69 Å². The molecule has 0 spiro atoms. The van der Waals surface area contributed by atoms with E-state index in [9.17, 15) is 14.4 Å². The summed E-state index contributed by atoms with van der Waals surface area (Å²) >= 11 is 6.19. The van der Waals surface area contributed by atoms with Gasteiger partial charge in [-0.05, 0) is 54.3 Å². The van der Waals surface area contributed by atoms with Crippen molar-refractivity contribution in [2.45, 2.75) is 44.8 Å². The van der Waals surface area contributed by atoms with Crippen LogP contribution in [0.2, 0.25) is 5.02 Å². The topological polar surface area (TPSA) is 91.6 Å². The summed E-state index contributed by atoms with van der Waals surface area (Å²) in [6, 6.07) is 17.7. The number of hydrogen-bond donors (Lipinski definition) is 1. The smallest absolute Gasteiger partial charge is 0.332 e. The molecule has 1 heterocycles. The maximum Gasteiger partial charge on any atom is 0.332 e. The SMILES string of the molecule is COc1cc2c(=O)n(Cc3ccc(C(=O)NC4CCCC4)cc3)c(=O)n(Cc3cccc(Cl)c3)c2cc1OC. The molecular formula is C30H30ClN3O5. The van der Waals surface area contributed by atoms with Crippen molar-refractivity contribution in [1.29, 1.82) is 0 Å². The number of carbonyl (C=O) groups excluding carboxylic acids is 1. The van der Waals surface area contributed by atoms with Gasteiger partial charge in [0.15, 0.2) is 11.5 Å². The third-order valence-corrected chi connectivity index (χ3v) is 7.44. The van der Waals surface area contributed by atoms with Crippen LogP contribution in [0.1, 0.15) is 47.2 Å². The van der Waals surface area contributed by atoms with Crippen LogP contribution in [0.3, 0.4) is 0 Å². The predicted octanol–water partition coefficient (Wildman–Crippen LogP) is 4.60. The minimum absolute atomic E-state index is 0.0437. The van der Waals surface area contributed by atoms with Crippen molar-refractivity contribution in [1.82, 2.24) is 14.5 Å². The van der Waals surface area contributed by atoms with Crippen molar-refractivity contribution in [3.05, 3.63) is 103 Å². The van der Waals surface area contributed by atoms with E-state index in [2.05, 4.69) is 5.32 Å². The molecule has 0 saturated heterocycles. The number of benzene rings is 3. The standard InChI is InChI=1S/C30H30ClN3O5/c1-38-26-15-24-25(16-27(26)39-2)33(18-20-6-5-7-22(31)14-20)30(37)34(29(24)36)17-19-10-12-21(13-11-19)28(35)32-23-8-3-4-9-23/h5-7,10-16,23H,3-4,8-9,17-18H2,1-2H3,(H,32,35). The Balaban J connectivity index is 1.54. The molecule has 0 unspecified atom stereocenters. The molecule has 4 aromatic rings. The second kappa shape index (κ2) is 11.4. The highest BCUT2D eigenvalue weighted by Crippen LogP contribution is 2.30. The Morgan fingerprint density at radius 1 is 0.897 bits per heavy atom. The van der Waals surface area contributed by atoms with Gasteiger partial charge in [-0.2, -0.15) is 0 Å². The first-order valence-corrected chi connectivity index (χ1v) is 13.3. The number of nitrogens with zero attached hydrogens (tertiary/aromatic N) is 2. The molecule has 1 amide bonds. The van der Waals surface area contributed by atoms with E-state index in [4.69, 9.17) is 21.1 Å². The van der Waals surface area contributed by atoms with Gasteiger partial charge in [0, 0.05) is 22.7 Å². The van der Waals surface area contributed by atoms with Gasteiger partial charge in [0.25, 0.3) is 11.5 Å². The number of halogens is 1. The lowest BCUT2D eigenvalue weighted by atomic mass is 10.1. The first kappa shape index (κ1) is 26.6. The molecule has 3 aromatic carbocycles. The fraction of sp³-hybridized carbons (Fsp3) is 0.300. The monoisotopic (exact) mass is 547 g/mol. The molecular weight excluding hydrogens is 518 g/mol. The number of rotatable bonds is 8. The number of nitrogens with one attached hydrogen (secondary N) is 1. The van der Waals surface area contributed by atoms with Crippen LogP contribution in [0.5, 0.6) is 11.5 Å². The van der Waals surface area contributed by atoms with Gasteiger partial charge in [-0.15, -0.1) is 0 Å². The van der Waals surface area contributed by atoms with Crippen LogP contribution in [-0.2, 0) is 13.1 Å². The van der Waals surface area contributed by atoms with Gasteiger partial charge in [-0.3, -0.25) is 18.7 Å². The average molecular weight is 548 g/mol. The number of amides is 1. The maximum atomic E-state index is 13.8. The van der Waals surface area contributed by atoms with Crippen molar-refractivity contribution >= 4 is 28.4 Å². The molecule has 0 aliphatic heterocycles. The summed E-state index contributed by atoms with van der Waals surface area (Å²) in [5.41, 5.74) is 1.60. The highest BCUT2D eigenvalue weighted by atomic mass is 35.5. The van der Waals surface area contributed by atoms with Crippen LogP contribution >= 0.6 is 11.6 Å². The van der Waals surface area contributed by atoms with E-state index >= 15 is 0 Å². The molecule has 0 atom stereocenters. The lowest BCUT2D eigenvalue weighted by Gasteiger charge is -2.17. The summed E-state index contributed by atoms with van der Waals surface area (Å²) in [7, 11) is 3.00. The zero-order chi connectivity index (χ0) is 27.5. The molecule has 0 bridgehead atoms. The molecule has 1 N–H and O–H groups in total.